The molecule has 1 aliphatic heterocycles. The summed E-state index contributed by atoms with van der Waals surface area (Å²) in [6.07, 6.45) is 0.363. The van der Waals surface area contributed by atoms with Crippen LogP contribution in [0.2, 0.25) is 0 Å². The summed E-state index contributed by atoms with van der Waals surface area (Å²) in [5.41, 5.74) is -0.105. The fourth-order valence-electron chi connectivity index (χ4n) is 2.02. The summed E-state index contributed by atoms with van der Waals surface area (Å²) in [5.74, 6) is -1.14. The Balaban J connectivity index is 2.83. The minimum absolute atomic E-state index is 0.0310. The zero-order valence-electron chi connectivity index (χ0n) is 11.9. The maximum absolute atomic E-state index is 12.3. The molecule has 1 aliphatic rings. The highest BCUT2D eigenvalue weighted by Gasteiger charge is 2.43. The van der Waals surface area contributed by atoms with E-state index in [0.717, 1.165) is 4.31 Å². The monoisotopic (exact) mass is 293 g/mol. The molecule has 0 aliphatic carbocycles. The lowest BCUT2D eigenvalue weighted by Gasteiger charge is -2.24. The lowest BCUT2D eigenvalue weighted by molar-refractivity contribution is -0.140. The van der Waals surface area contributed by atoms with E-state index in [2.05, 4.69) is 0 Å². The number of hydrogen-bond acceptors (Lipinski definition) is 4. The van der Waals surface area contributed by atoms with E-state index in [1.165, 1.54) is 7.11 Å². The van der Waals surface area contributed by atoms with Gasteiger partial charge < -0.3 is 9.84 Å². The Morgan fingerprint density at radius 1 is 1.42 bits per heavy atom. The molecule has 2 atom stereocenters. The SMILES string of the molecule is COC1CC(C(=O)O)N(S(=O)(=O)CCC(C)(C)C)C1. The Morgan fingerprint density at radius 2 is 2.00 bits per heavy atom. The molecule has 1 rings (SSSR count). The first kappa shape index (κ1) is 16.4. The van der Waals surface area contributed by atoms with Crippen molar-refractivity contribution in [1.82, 2.24) is 4.31 Å². The molecule has 2 unspecified atom stereocenters. The molecule has 0 saturated carbocycles. The molecule has 19 heavy (non-hydrogen) atoms. The molecule has 0 spiro atoms. The highest BCUT2D eigenvalue weighted by molar-refractivity contribution is 7.89. The van der Waals surface area contributed by atoms with Gasteiger partial charge in [-0.3, -0.25) is 4.79 Å². The molecule has 1 fully saturated rings. The lowest BCUT2D eigenvalue weighted by atomic mass is 9.94. The maximum Gasteiger partial charge on any atom is 0.322 e. The molecule has 0 aromatic heterocycles. The second-order valence-electron chi connectivity index (χ2n) is 6.14. The predicted molar refractivity (Wildman–Crippen MR) is 71.4 cm³/mol. The summed E-state index contributed by atoms with van der Waals surface area (Å²) < 4.78 is 30.7. The number of nitrogens with zero attached hydrogens (tertiary/aromatic N) is 1. The van der Waals surface area contributed by atoms with E-state index in [1.807, 2.05) is 20.8 Å². The van der Waals surface area contributed by atoms with Crippen molar-refractivity contribution in [2.45, 2.75) is 45.8 Å². The van der Waals surface area contributed by atoms with E-state index in [-0.39, 0.29) is 30.2 Å². The van der Waals surface area contributed by atoms with Gasteiger partial charge in [-0.15, -0.1) is 0 Å². The third-order valence-electron chi connectivity index (χ3n) is 3.30. The molecule has 1 saturated heterocycles. The summed E-state index contributed by atoms with van der Waals surface area (Å²) >= 11 is 0. The minimum atomic E-state index is -3.56. The van der Waals surface area contributed by atoms with Gasteiger partial charge in [-0.2, -0.15) is 4.31 Å². The number of hydrogen-bond donors (Lipinski definition) is 1. The first-order valence-electron chi connectivity index (χ1n) is 6.32. The molecule has 0 amide bonds. The van der Waals surface area contributed by atoms with Gasteiger partial charge in [0.2, 0.25) is 10.0 Å². The van der Waals surface area contributed by atoms with E-state index in [0.29, 0.717) is 6.42 Å². The van der Waals surface area contributed by atoms with Crippen LogP contribution < -0.4 is 0 Å². The minimum Gasteiger partial charge on any atom is -0.480 e. The van der Waals surface area contributed by atoms with Gasteiger partial charge in [-0.1, -0.05) is 20.8 Å². The third kappa shape index (κ3) is 4.43. The van der Waals surface area contributed by atoms with Gasteiger partial charge in [0.15, 0.2) is 0 Å². The van der Waals surface area contributed by atoms with Crippen LogP contribution in [0.3, 0.4) is 0 Å². The van der Waals surface area contributed by atoms with Crippen LogP contribution >= 0.6 is 0 Å². The van der Waals surface area contributed by atoms with E-state index >= 15 is 0 Å². The van der Waals surface area contributed by atoms with Crippen molar-refractivity contribution in [3.8, 4) is 0 Å². The Labute approximate surface area is 114 Å². The van der Waals surface area contributed by atoms with E-state index in [1.54, 1.807) is 0 Å². The Hall–Kier alpha value is -0.660. The molecular weight excluding hydrogens is 270 g/mol. The summed E-state index contributed by atoms with van der Waals surface area (Å²) in [6, 6.07) is -1.00. The highest BCUT2D eigenvalue weighted by Crippen LogP contribution is 2.26. The van der Waals surface area contributed by atoms with Crippen molar-refractivity contribution in [3.05, 3.63) is 0 Å². The number of ether oxygens (including phenoxy) is 1. The molecule has 6 nitrogen and oxygen atoms in total. The first-order valence-corrected chi connectivity index (χ1v) is 7.93. The molecule has 7 heteroatoms. The van der Waals surface area contributed by atoms with E-state index in [9.17, 15) is 13.2 Å². The van der Waals surface area contributed by atoms with Crippen LogP contribution in [-0.4, -0.2) is 55.4 Å². The average Bonchev–Trinajstić information content (AvgIpc) is 2.70. The number of carbonyl (C=O) groups is 1. The largest absolute Gasteiger partial charge is 0.480 e. The summed E-state index contributed by atoms with van der Waals surface area (Å²) in [7, 11) is -2.09. The molecule has 1 N–H and O–H groups in total. The fraction of sp³-hybridized carbons (Fsp3) is 0.917. The quantitative estimate of drug-likeness (QED) is 0.815. The van der Waals surface area contributed by atoms with Crippen LogP contribution in [0.4, 0.5) is 0 Å². The van der Waals surface area contributed by atoms with Crippen LogP contribution in [0.25, 0.3) is 0 Å². The normalized spacial score (nSPS) is 25.7. The Bertz CT molecular complexity index is 426. The number of carboxylic acid groups (broad SMARTS) is 1. The third-order valence-corrected chi connectivity index (χ3v) is 5.14. The van der Waals surface area contributed by atoms with Gasteiger partial charge in [0.25, 0.3) is 0 Å². The Kier molecular flexibility index (Phi) is 4.97. The van der Waals surface area contributed by atoms with Crippen LogP contribution in [0, 0.1) is 5.41 Å². The molecule has 1 heterocycles. The van der Waals surface area contributed by atoms with Gasteiger partial charge in [-0.25, -0.2) is 8.42 Å². The number of aliphatic carboxylic acids is 1. The van der Waals surface area contributed by atoms with Crippen molar-refractivity contribution in [2.75, 3.05) is 19.4 Å². The van der Waals surface area contributed by atoms with Crippen LogP contribution in [0.15, 0.2) is 0 Å². The fourth-order valence-corrected chi connectivity index (χ4v) is 4.09. The highest BCUT2D eigenvalue weighted by atomic mass is 32.2. The predicted octanol–water partition coefficient (Wildman–Crippen LogP) is 0.926. The molecule has 112 valence electrons. The van der Waals surface area contributed by atoms with Crippen molar-refractivity contribution < 1.29 is 23.1 Å². The molecular formula is C12H23NO5S. The molecule has 0 aromatic carbocycles. The van der Waals surface area contributed by atoms with E-state index < -0.39 is 22.0 Å². The van der Waals surface area contributed by atoms with E-state index in [4.69, 9.17) is 9.84 Å². The van der Waals surface area contributed by atoms with Gasteiger partial charge in [0.1, 0.15) is 6.04 Å². The van der Waals surface area contributed by atoms with Gasteiger partial charge in [-0.05, 0) is 11.8 Å². The van der Waals surface area contributed by atoms with Crippen LogP contribution in [-0.2, 0) is 19.6 Å². The summed E-state index contributed by atoms with van der Waals surface area (Å²) in [6.45, 7) is 6.00. The van der Waals surface area contributed by atoms with Crippen LogP contribution in [0.5, 0.6) is 0 Å². The number of rotatable bonds is 5. The average molecular weight is 293 g/mol. The zero-order valence-corrected chi connectivity index (χ0v) is 12.7. The van der Waals surface area contributed by atoms with Crippen molar-refractivity contribution >= 4 is 16.0 Å². The molecule has 0 aromatic rings. The molecule has 0 bridgehead atoms. The zero-order chi connectivity index (χ0) is 14.8. The Morgan fingerprint density at radius 3 is 2.42 bits per heavy atom. The summed E-state index contributed by atoms with van der Waals surface area (Å²) in [5, 5.41) is 9.13. The van der Waals surface area contributed by atoms with Crippen molar-refractivity contribution in [1.29, 1.82) is 0 Å². The van der Waals surface area contributed by atoms with Crippen LogP contribution in [0.1, 0.15) is 33.6 Å². The second-order valence-corrected chi connectivity index (χ2v) is 8.18. The smallest absolute Gasteiger partial charge is 0.322 e. The maximum atomic E-state index is 12.3. The lowest BCUT2D eigenvalue weighted by Crippen LogP contribution is -2.42. The first-order chi connectivity index (χ1) is 8.57. The summed E-state index contributed by atoms with van der Waals surface area (Å²) in [4.78, 5) is 11.2. The topological polar surface area (TPSA) is 83.9 Å². The van der Waals surface area contributed by atoms with Gasteiger partial charge in [0, 0.05) is 20.1 Å². The van der Waals surface area contributed by atoms with Crippen molar-refractivity contribution in [3.63, 3.8) is 0 Å². The second kappa shape index (κ2) is 5.76. The number of carboxylic acids is 1. The standard InChI is InChI=1S/C12H23NO5S/c1-12(2,3)5-6-19(16,17)13-8-9(18-4)7-10(13)11(14)15/h9-10H,5-8H2,1-4H3,(H,14,15). The van der Waals surface area contributed by atoms with Gasteiger partial charge in [0.05, 0.1) is 11.9 Å². The van der Waals surface area contributed by atoms with Gasteiger partial charge >= 0.3 is 5.97 Å². The molecule has 0 radical (unpaired) electrons. The number of methoxy groups -OCH3 is 1. The van der Waals surface area contributed by atoms with Crippen molar-refractivity contribution in [2.24, 2.45) is 5.41 Å². The number of sulfonamides is 1.